The minimum absolute atomic E-state index is 0.0821. The molecule has 1 aliphatic heterocycles. The van der Waals surface area contributed by atoms with E-state index < -0.39 is 0 Å². The highest BCUT2D eigenvalue weighted by molar-refractivity contribution is 5.94. The van der Waals surface area contributed by atoms with Crippen molar-refractivity contribution in [2.45, 2.75) is 26.2 Å². The summed E-state index contributed by atoms with van der Waals surface area (Å²) < 4.78 is 11.3. The van der Waals surface area contributed by atoms with Crippen LogP contribution in [0.2, 0.25) is 0 Å². The fourth-order valence-corrected chi connectivity index (χ4v) is 3.74. The highest BCUT2D eigenvalue weighted by atomic mass is 16.5. The van der Waals surface area contributed by atoms with Gasteiger partial charge in [-0.05, 0) is 28.8 Å². The maximum absolute atomic E-state index is 12.5. The van der Waals surface area contributed by atoms with E-state index >= 15 is 0 Å². The second kappa shape index (κ2) is 9.80. The van der Waals surface area contributed by atoms with Crippen molar-refractivity contribution in [3.05, 3.63) is 99.1 Å². The highest BCUT2D eigenvalue weighted by Gasteiger charge is 2.19. The smallest absolute Gasteiger partial charge is 0.253 e. The van der Waals surface area contributed by atoms with Gasteiger partial charge in [0.15, 0.2) is 0 Å². The zero-order valence-electron chi connectivity index (χ0n) is 18.0. The monoisotopic (exact) mass is 434 g/mol. The molecule has 166 valence electrons. The van der Waals surface area contributed by atoms with Gasteiger partial charge in [0.25, 0.3) is 5.91 Å². The number of aliphatic hydroxyl groups excluding tert-OH is 1. The predicted octanol–water partition coefficient (Wildman–Crippen LogP) is 2.80. The minimum atomic E-state index is -0.222. The first kappa shape index (κ1) is 21.8. The lowest BCUT2D eigenvalue weighted by molar-refractivity contribution is 0.0767. The lowest BCUT2D eigenvalue weighted by Crippen LogP contribution is -2.29. The number of fused-ring (bicyclic) bond motifs is 1. The summed E-state index contributed by atoms with van der Waals surface area (Å²) in [7, 11) is 1.64. The zero-order valence-corrected chi connectivity index (χ0v) is 18.0. The molecule has 0 bridgehead atoms. The number of carbonyl (C=O) groups excluding carboxylic acids is 1. The second-order valence-corrected chi connectivity index (χ2v) is 7.92. The van der Waals surface area contributed by atoms with Gasteiger partial charge in [0.05, 0.1) is 13.2 Å². The van der Waals surface area contributed by atoms with Crippen LogP contribution in [0, 0.1) is 0 Å². The topological polar surface area (TPSA) is 83.2 Å². The second-order valence-electron chi connectivity index (χ2n) is 7.92. The van der Waals surface area contributed by atoms with Gasteiger partial charge in [0.1, 0.15) is 18.6 Å². The number of ether oxygens (including phenoxy) is 1. The number of benzene rings is 2. The van der Waals surface area contributed by atoms with Crippen molar-refractivity contribution in [1.82, 2.24) is 9.80 Å². The van der Waals surface area contributed by atoms with E-state index in [9.17, 15) is 9.59 Å². The molecule has 0 unspecified atom stereocenters. The largest absolute Gasteiger partial charge is 0.482 e. The molecule has 2 heterocycles. The van der Waals surface area contributed by atoms with Crippen LogP contribution in [0.5, 0.6) is 5.75 Å². The summed E-state index contributed by atoms with van der Waals surface area (Å²) in [6.07, 6.45) is 1.36. The van der Waals surface area contributed by atoms with E-state index in [4.69, 9.17) is 14.3 Å². The van der Waals surface area contributed by atoms with Gasteiger partial charge >= 0.3 is 0 Å². The minimum Gasteiger partial charge on any atom is -0.482 e. The molecular formula is C25H26N2O5. The Bertz CT molecular complexity index is 1110. The summed E-state index contributed by atoms with van der Waals surface area (Å²) in [4.78, 5) is 28.4. The first-order valence-electron chi connectivity index (χ1n) is 10.5. The zero-order chi connectivity index (χ0) is 22.5. The molecule has 32 heavy (non-hydrogen) atoms. The molecular weight excluding hydrogens is 408 g/mol. The Morgan fingerprint density at radius 2 is 1.81 bits per heavy atom. The molecule has 1 aliphatic rings. The predicted molar refractivity (Wildman–Crippen MR) is 119 cm³/mol. The molecule has 2 aromatic carbocycles. The van der Waals surface area contributed by atoms with Crippen LogP contribution in [-0.4, -0.2) is 41.0 Å². The van der Waals surface area contributed by atoms with Gasteiger partial charge < -0.3 is 19.2 Å². The molecule has 7 heteroatoms. The summed E-state index contributed by atoms with van der Waals surface area (Å²) in [5, 5.41) is 8.96. The van der Waals surface area contributed by atoms with Gasteiger partial charge in [-0.25, -0.2) is 0 Å². The van der Waals surface area contributed by atoms with Gasteiger partial charge in [0.2, 0.25) is 11.2 Å². The number of amides is 1. The van der Waals surface area contributed by atoms with Crippen LogP contribution in [0.3, 0.4) is 0 Å². The van der Waals surface area contributed by atoms with E-state index in [1.807, 2.05) is 12.1 Å². The highest BCUT2D eigenvalue weighted by Crippen LogP contribution is 2.24. The number of aliphatic hydroxyl groups is 1. The summed E-state index contributed by atoms with van der Waals surface area (Å²) in [5.74, 6) is 0.593. The van der Waals surface area contributed by atoms with E-state index in [0.29, 0.717) is 17.9 Å². The van der Waals surface area contributed by atoms with Crippen molar-refractivity contribution < 1.29 is 19.1 Å². The fourth-order valence-electron chi connectivity index (χ4n) is 3.74. The number of nitrogens with zero attached hydrogens (tertiary/aromatic N) is 2. The fraction of sp³-hybridized carbons (Fsp3) is 0.280. The molecule has 1 amide bonds. The summed E-state index contributed by atoms with van der Waals surface area (Å²) in [5.41, 5.74) is 3.74. The maximum Gasteiger partial charge on any atom is 0.253 e. The third-order valence-corrected chi connectivity index (χ3v) is 5.52. The van der Waals surface area contributed by atoms with Crippen molar-refractivity contribution in [1.29, 1.82) is 0 Å². The Hall–Kier alpha value is -3.42. The molecule has 1 aromatic heterocycles. The van der Waals surface area contributed by atoms with E-state index in [2.05, 4.69) is 17.0 Å². The SMILES string of the molecule is CN(CCO)C(=O)c1ccc(COc2coc(CN3Cc4ccccc4C3)cc2=O)cc1. The van der Waals surface area contributed by atoms with Gasteiger partial charge in [0, 0.05) is 38.3 Å². The van der Waals surface area contributed by atoms with Crippen molar-refractivity contribution in [3.63, 3.8) is 0 Å². The van der Waals surface area contributed by atoms with Crippen LogP contribution >= 0.6 is 0 Å². The van der Waals surface area contributed by atoms with Crippen LogP contribution in [0.15, 0.2) is 70.1 Å². The molecule has 7 nitrogen and oxygen atoms in total. The average molecular weight is 434 g/mol. The third kappa shape index (κ3) is 5.07. The van der Waals surface area contributed by atoms with Gasteiger partial charge in [-0.3, -0.25) is 14.5 Å². The lowest BCUT2D eigenvalue weighted by Gasteiger charge is -2.15. The molecule has 3 aromatic rings. The Morgan fingerprint density at radius 3 is 2.44 bits per heavy atom. The van der Waals surface area contributed by atoms with Crippen LogP contribution in [0.4, 0.5) is 0 Å². The van der Waals surface area contributed by atoms with Crippen LogP contribution in [0.25, 0.3) is 0 Å². The molecule has 0 spiro atoms. The standard InChI is InChI=1S/C25H26N2O5/c1-26(10-11-28)25(30)19-8-6-18(7-9-19)16-32-24-17-31-22(12-23(24)29)15-27-13-20-4-2-3-5-21(20)14-27/h2-9,12,17,28H,10-11,13-16H2,1H3. The van der Waals surface area contributed by atoms with Crippen LogP contribution in [-0.2, 0) is 26.2 Å². The van der Waals surface area contributed by atoms with E-state index in [1.54, 1.807) is 31.3 Å². The molecule has 0 aliphatic carbocycles. The molecule has 0 atom stereocenters. The average Bonchev–Trinajstić information content (AvgIpc) is 3.21. The van der Waals surface area contributed by atoms with Crippen molar-refractivity contribution in [3.8, 4) is 5.75 Å². The van der Waals surface area contributed by atoms with Gasteiger partial charge in [-0.15, -0.1) is 0 Å². The first-order valence-corrected chi connectivity index (χ1v) is 10.5. The molecule has 1 N–H and O–H groups in total. The normalized spacial score (nSPS) is 13.1. The Labute approximate surface area is 186 Å². The van der Waals surface area contributed by atoms with E-state index in [1.165, 1.54) is 28.4 Å². The van der Waals surface area contributed by atoms with Gasteiger partial charge in [-0.2, -0.15) is 0 Å². The van der Waals surface area contributed by atoms with Crippen molar-refractivity contribution >= 4 is 5.91 Å². The summed E-state index contributed by atoms with van der Waals surface area (Å²) in [6.45, 7) is 2.62. The van der Waals surface area contributed by atoms with E-state index in [0.717, 1.165) is 18.7 Å². The Morgan fingerprint density at radius 1 is 1.12 bits per heavy atom. The van der Waals surface area contributed by atoms with Crippen molar-refractivity contribution in [2.75, 3.05) is 20.2 Å². The number of hydrogen-bond donors (Lipinski definition) is 1. The molecule has 4 rings (SSSR count). The number of rotatable bonds is 8. The number of hydrogen-bond acceptors (Lipinski definition) is 6. The molecule has 0 saturated carbocycles. The molecule has 0 radical (unpaired) electrons. The lowest BCUT2D eigenvalue weighted by atomic mass is 10.1. The van der Waals surface area contributed by atoms with Gasteiger partial charge in [-0.1, -0.05) is 36.4 Å². The van der Waals surface area contributed by atoms with Crippen LogP contribution < -0.4 is 10.2 Å². The van der Waals surface area contributed by atoms with Crippen LogP contribution in [0.1, 0.15) is 32.8 Å². The quantitative estimate of drug-likeness (QED) is 0.587. The number of carbonyl (C=O) groups is 1. The molecule has 0 saturated heterocycles. The summed E-state index contributed by atoms with van der Waals surface area (Å²) in [6, 6.07) is 16.8. The summed E-state index contributed by atoms with van der Waals surface area (Å²) >= 11 is 0. The van der Waals surface area contributed by atoms with E-state index in [-0.39, 0.29) is 36.8 Å². The molecule has 0 fully saturated rings. The maximum atomic E-state index is 12.5. The Kier molecular flexibility index (Phi) is 6.68. The third-order valence-electron chi connectivity index (χ3n) is 5.52. The van der Waals surface area contributed by atoms with Crippen molar-refractivity contribution in [2.24, 2.45) is 0 Å². The Balaban J connectivity index is 1.32. The first-order chi connectivity index (χ1) is 15.5. The number of likely N-dealkylation sites (N-methyl/N-ethyl adjacent to an activating group) is 1.